The standard InChI is InChI=1S/C29H33FN2O5/c1-29(2,3)17-37-28-27(24-13-21(35-4)10-11-25(24)30)31-15-20(32-28)16-36-22-7-5-6-19(12-22)23(14-26(33)34)18-8-9-18/h5-7,10-13,15,18,23H,8-9,14,16-17H2,1-4H3,(H,33,34). The van der Waals surface area contributed by atoms with Gasteiger partial charge in [0.25, 0.3) is 0 Å². The van der Waals surface area contributed by atoms with Gasteiger partial charge in [-0.05, 0) is 66.0 Å². The Morgan fingerprint density at radius 2 is 1.92 bits per heavy atom. The quantitative estimate of drug-likeness (QED) is 0.327. The minimum atomic E-state index is -0.797. The number of aliphatic carboxylic acids is 1. The molecule has 0 spiro atoms. The number of methoxy groups -OCH3 is 1. The molecule has 1 fully saturated rings. The predicted molar refractivity (Wildman–Crippen MR) is 137 cm³/mol. The SMILES string of the molecule is COc1ccc(F)c(-c2ncc(COc3cccc(C(CC(=O)O)C4CC4)c3)nc2OCC(C)(C)C)c1. The molecule has 1 heterocycles. The molecule has 1 atom stereocenters. The van der Waals surface area contributed by atoms with Crippen molar-refractivity contribution in [3.63, 3.8) is 0 Å². The molecule has 1 aliphatic rings. The first-order valence-corrected chi connectivity index (χ1v) is 12.4. The Morgan fingerprint density at radius 1 is 1.14 bits per heavy atom. The number of aromatic nitrogens is 2. The lowest BCUT2D eigenvalue weighted by Crippen LogP contribution is -2.18. The molecule has 1 unspecified atom stereocenters. The van der Waals surface area contributed by atoms with Gasteiger partial charge in [-0.1, -0.05) is 32.9 Å². The average Bonchev–Trinajstić information content (AvgIpc) is 3.70. The molecule has 196 valence electrons. The molecular formula is C29H33FN2O5. The molecule has 1 saturated carbocycles. The second-order valence-corrected chi connectivity index (χ2v) is 10.6. The van der Waals surface area contributed by atoms with Gasteiger partial charge in [0.05, 0.1) is 26.3 Å². The van der Waals surface area contributed by atoms with E-state index >= 15 is 0 Å². The molecule has 1 aromatic heterocycles. The highest BCUT2D eigenvalue weighted by atomic mass is 19.1. The van der Waals surface area contributed by atoms with Gasteiger partial charge < -0.3 is 19.3 Å². The zero-order chi connectivity index (χ0) is 26.6. The van der Waals surface area contributed by atoms with E-state index in [4.69, 9.17) is 14.2 Å². The van der Waals surface area contributed by atoms with Gasteiger partial charge in [-0.2, -0.15) is 0 Å². The number of hydrogen-bond acceptors (Lipinski definition) is 6. The fraction of sp³-hybridized carbons (Fsp3) is 0.414. The van der Waals surface area contributed by atoms with Crippen molar-refractivity contribution in [2.45, 2.75) is 52.6 Å². The summed E-state index contributed by atoms with van der Waals surface area (Å²) in [4.78, 5) is 20.4. The van der Waals surface area contributed by atoms with E-state index < -0.39 is 11.8 Å². The van der Waals surface area contributed by atoms with Gasteiger partial charge in [0, 0.05) is 5.56 Å². The first-order chi connectivity index (χ1) is 17.6. The number of benzene rings is 2. The van der Waals surface area contributed by atoms with Crippen molar-refractivity contribution in [1.82, 2.24) is 9.97 Å². The van der Waals surface area contributed by atoms with Crippen LogP contribution in [0, 0.1) is 17.2 Å². The number of carbonyl (C=O) groups is 1. The topological polar surface area (TPSA) is 90.8 Å². The molecule has 4 rings (SSSR count). The normalized spacial score (nSPS) is 14.2. The molecule has 2 aromatic carbocycles. The van der Waals surface area contributed by atoms with Crippen LogP contribution in [0.25, 0.3) is 11.3 Å². The highest BCUT2D eigenvalue weighted by molar-refractivity contribution is 5.68. The van der Waals surface area contributed by atoms with E-state index in [0.717, 1.165) is 18.4 Å². The van der Waals surface area contributed by atoms with E-state index in [1.807, 2.05) is 45.0 Å². The van der Waals surface area contributed by atoms with Crippen molar-refractivity contribution in [3.8, 4) is 28.6 Å². The molecule has 3 aromatic rings. The second-order valence-electron chi connectivity index (χ2n) is 10.6. The molecule has 1 aliphatic carbocycles. The third-order valence-corrected chi connectivity index (χ3v) is 6.12. The molecule has 0 amide bonds. The largest absolute Gasteiger partial charge is 0.497 e. The van der Waals surface area contributed by atoms with Crippen LogP contribution in [-0.2, 0) is 11.4 Å². The van der Waals surface area contributed by atoms with Gasteiger partial charge in [-0.3, -0.25) is 4.79 Å². The van der Waals surface area contributed by atoms with Gasteiger partial charge in [-0.15, -0.1) is 0 Å². The van der Waals surface area contributed by atoms with Gasteiger partial charge in [0.1, 0.15) is 35.3 Å². The third kappa shape index (κ3) is 7.18. The van der Waals surface area contributed by atoms with Crippen molar-refractivity contribution in [3.05, 3.63) is 65.7 Å². The summed E-state index contributed by atoms with van der Waals surface area (Å²) in [5, 5.41) is 9.33. The number of hydrogen-bond donors (Lipinski definition) is 1. The van der Waals surface area contributed by atoms with Crippen LogP contribution in [0.5, 0.6) is 17.4 Å². The molecule has 0 bridgehead atoms. The zero-order valence-electron chi connectivity index (χ0n) is 21.7. The minimum absolute atomic E-state index is 0.0183. The van der Waals surface area contributed by atoms with Crippen molar-refractivity contribution in [2.24, 2.45) is 11.3 Å². The van der Waals surface area contributed by atoms with E-state index in [9.17, 15) is 14.3 Å². The minimum Gasteiger partial charge on any atom is -0.497 e. The maximum absolute atomic E-state index is 14.7. The Balaban J connectivity index is 1.56. The lowest BCUT2D eigenvalue weighted by Gasteiger charge is -2.20. The second kappa shape index (κ2) is 11.2. The Labute approximate surface area is 216 Å². The molecule has 0 radical (unpaired) electrons. The first-order valence-electron chi connectivity index (χ1n) is 12.4. The Morgan fingerprint density at radius 3 is 2.59 bits per heavy atom. The summed E-state index contributed by atoms with van der Waals surface area (Å²) in [5.41, 5.74) is 1.86. The van der Waals surface area contributed by atoms with Gasteiger partial charge in [-0.25, -0.2) is 14.4 Å². The molecule has 0 saturated heterocycles. The van der Waals surface area contributed by atoms with Crippen molar-refractivity contribution >= 4 is 5.97 Å². The number of carboxylic acids is 1. The highest BCUT2D eigenvalue weighted by Gasteiger charge is 2.33. The fourth-order valence-electron chi connectivity index (χ4n) is 4.09. The van der Waals surface area contributed by atoms with E-state index in [1.165, 1.54) is 13.2 Å². The maximum Gasteiger partial charge on any atom is 0.303 e. The Bertz CT molecular complexity index is 1250. The number of halogens is 1. The summed E-state index contributed by atoms with van der Waals surface area (Å²) in [6, 6.07) is 12.0. The smallest absolute Gasteiger partial charge is 0.303 e. The van der Waals surface area contributed by atoms with E-state index in [-0.39, 0.29) is 41.5 Å². The lowest BCUT2D eigenvalue weighted by molar-refractivity contribution is -0.137. The van der Waals surface area contributed by atoms with Gasteiger partial charge in [0.2, 0.25) is 5.88 Å². The van der Waals surface area contributed by atoms with Crippen LogP contribution in [0.3, 0.4) is 0 Å². The molecule has 7 nitrogen and oxygen atoms in total. The van der Waals surface area contributed by atoms with E-state index in [2.05, 4.69) is 9.97 Å². The number of rotatable bonds is 11. The van der Waals surface area contributed by atoms with Crippen LogP contribution < -0.4 is 14.2 Å². The highest BCUT2D eigenvalue weighted by Crippen LogP contribution is 2.45. The molecular weight excluding hydrogens is 475 g/mol. The summed E-state index contributed by atoms with van der Waals surface area (Å²) >= 11 is 0. The summed E-state index contributed by atoms with van der Waals surface area (Å²) < 4.78 is 32.0. The number of nitrogens with zero attached hydrogens (tertiary/aromatic N) is 2. The van der Waals surface area contributed by atoms with Crippen LogP contribution in [0.1, 0.15) is 57.2 Å². The summed E-state index contributed by atoms with van der Waals surface area (Å²) in [6.07, 6.45) is 3.75. The Hall–Kier alpha value is -3.68. The molecule has 1 N–H and O–H groups in total. The zero-order valence-corrected chi connectivity index (χ0v) is 21.7. The summed E-state index contributed by atoms with van der Waals surface area (Å²) in [6.45, 7) is 6.58. The van der Waals surface area contributed by atoms with E-state index in [1.54, 1.807) is 18.3 Å². The third-order valence-electron chi connectivity index (χ3n) is 6.12. The van der Waals surface area contributed by atoms with Crippen molar-refractivity contribution in [2.75, 3.05) is 13.7 Å². The Kier molecular flexibility index (Phi) is 7.95. The number of ether oxygens (including phenoxy) is 3. The molecule has 37 heavy (non-hydrogen) atoms. The summed E-state index contributed by atoms with van der Waals surface area (Å²) in [7, 11) is 1.52. The van der Waals surface area contributed by atoms with Gasteiger partial charge >= 0.3 is 5.97 Å². The van der Waals surface area contributed by atoms with Crippen molar-refractivity contribution < 1.29 is 28.5 Å². The molecule has 0 aliphatic heterocycles. The average molecular weight is 509 g/mol. The summed E-state index contributed by atoms with van der Waals surface area (Å²) in [5.74, 6) is 0.471. The first kappa shape index (κ1) is 26.4. The van der Waals surface area contributed by atoms with Crippen LogP contribution in [0.2, 0.25) is 0 Å². The lowest BCUT2D eigenvalue weighted by atomic mass is 9.91. The monoisotopic (exact) mass is 508 g/mol. The molecule has 8 heteroatoms. The van der Waals surface area contributed by atoms with Crippen LogP contribution >= 0.6 is 0 Å². The van der Waals surface area contributed by atoms with Gasteiger partial charge in [0.15, 0.2) is 0 Å². The van der Waals surface area contributed by atoms with E-state index in [0.29, 0.717) is 29.7 Å². The van der Waals surface area contributed by atoms with Crippen LogP contribution in [0.4, 0.5) is 4.39 Å². The van der Waals surface area contributed by atoms with Crippen molar-refractivity contribution in [1.29, 1.82) is 0 Å². The fourth-order valence-corrected chi connectivity index (χ4v) is 4.09. The van der Waals surface area contributed by atoms with Crippen LogP contribution in [0.15, 0.2) is 48.7 Å². The van der Waals surface area contributed by atoms with Crippen LogP contribution in [-0.4, -0.2) is 34.8 Å². The number of carboxylic acid groups (broad SMARTS) is 1. The maximum atomic E-state index is 14.7. The predicted octanol–water partition coefficient (Wildman–Crippen LogP) is 6.26.